The van der Waals surface area contributed by atoms with Crippen molar-refractivity contribution in [3.8, 4) is 5.75 Å². The molecule has 1 aromatic carbocycles. The van der Waals surface area contributed by atoms with Crippen LogP contribution in [0.4, 0.5) is 0 Å². The molecule has 0 aliphatic rings. The molecular formula is C10H14NO. The Balaban J connectivity index is 2.96. The van der Waals surface area contributed by atoms with Gasteiger partial charge in [-0.15, -0.1) is 0 Å². The lowest BCUT2D eigenvalue weighted by atomic mass is 10.1. The van der Waals surface area contributed by atoms with E-state index in [1.165, 1.54) is 0 Å². The summed E-state index contributed by atoms with van der Waals surface area (Å²) in [6, 6.07) is 8.17. The molecule has 0 spiro atoms. The molecule has 0 N–H and O–H groups in total. The zero-order chi connectivity index (χ0) is 8.97. The Morgan fingerprint density at radius 1 is 1.33 bits per heavy atom. The van der Waals surface area contributed by atoms with Crippen LogP contribution in [0.5, 0.6) is 5.75 Å². The maximum Gasteiger partial charge on any atom is 0.123 e. The number of hydrogen-bond donors (Lipinski definition) is 0. The molecule has 0 heterocycles. The third-order valence-electron chi connectivity index (χ3n) is 1.98. The average Bonchev–Trinajstić information content (AvgIpc) is 2.16. The zero-order valence-corrected chi connectivity index (χ0v) is 7.74. The number of rotatable bonds is 3. The summed E-state index contributed by atoms with van der Waals surface area (Å²) in [5, 5.41) is 4.19. The quantitative estimate of drug-likeness (QED) is 0.670. The third-order valence-corrected chi connectivity index (χ3v) is 1.98. The first-order chi connectivity index (χ1) is 5.79. The molecule has 0 saturated carbocycles. The minimum Gasteiger partial charge on any atom is -0.496 e. The zero-order valence-electron chi connectivity index (χ0n) is 7.74. The highest BCUT2D eigenvalue weighted by molar-refractivity contribution is 5.35. The molecule has 2 heteroatoms. The Labute approximate surface area is 73.6 Å². The van der Waals surface area contributed by atoms with Crippen LogP contribution >= 0.6 is 0 Å². The first-order valence-corrected chi connectivity index (χ1v) is 4.01. The largest absolute Gasteiger partial charge is 0.496 e. The molecule has 1 atom stereocenters. The number of methoxy groups -OCH3 is 1. The Kier molecular flexibility index (Phi) is 3.11. The third kappa shape index (κ3) is 1.77. The van der Waals surface area contributed by atoms with Crippen LogP contribution in [-0.4, -0.2) is 14.2 Å². The highest BCUT2D eigenvalue weighted by Crippen LogP contribution is 2.24. The van der Waals surface area contributed by atoms with Crippen molar-refractivity contribution in [3.63, 3.8) is 0 Å². The van der Waals surface area contributed by atoms with Gasteiger partial charge >= 0.3 is 0 Å². The number of hydrogen-bond acceptors (Lipinski definition) is 1. The fourth-order valence-corrected chi connectivity index (χ4v) is 1.15. The van der Waals surface area contributed by atoms with Crippen LogP contribution in [0, 0.1) is 0 Å². The van der Waals surface area contributed by atoms with Gasteiger partial charge in [0.15, 0.2) is 0 Å². The fourth-order valence-electron chi connectivity index (χ4n) is 1.15. The molecule has 0 fully saturated rings. The predicted octanol–water partition coefficient (Wildman–Crippen LogP) is 1.99. The fraction of sp³-hybridized carbons (Fsp3) is 0.400. The van der Waals surface area contributed by atoms with E-state index in [1.54, 1.807) is 7.11 Å². The van der Waals surface area contributed by atoms with Gasteiger partial charge in [-0.05, 0) is 13.0 Å². The molecule has 0 aliphatic carbocycles. The molecule has 1 radical (unpaired) electrons. The summed E-state index contributed by atoms with van der Waals surface area (Å²) >= 11 is 0. The molecule has 1 rings (SSSR count). The van der Waals surface area contributed by atoms with Crippen molar-refractivity contribution in [2.75, 3.05) is 14.2 Å². The number of ether oxygens (including phenoxy) is 1. The van der Waals surface area contributed by atoms with Crippen LogP contribution in [0.1, 0.15) is 18.5 Å². The van der Waals surface area contributed by atoms with Crippen LogP contribution in [-0.2, 0) is 0 Å². The van der Waals surface area contributed by atoms with E-state index in [4.69, 9.17) is 4.74 Å². The molecule has 65 valence electrons. The van der Waals surface area contributed by atoms with Crippen molar-refractivity contribution in [2.24, 2.45) is 0 Å². The summed E-state index contributed by atoms with van der Waals surface area (Å²) in [7, 11) is 3.50. The molecular weight excluding hydrogens is 150 g/mol. The van der Waals surface area contributed by atoms with Crippen LogP contribution in [0.15, 0.2) is 24.3 Å². The van der Waals surface area contributed by atoms with Crippen molar-refractivity contribution in [2.45, 2.75) is 13.0 Å². The SMILES string of the molecule is C[N][C@H](C)c1ccccc1OC. The van der Waals surface area contributed by atoms with Gasteiger partial charge in [-0.25, -0.2) is 5.32 Å². The molecule has 12 heavy (non-hydrogen) atoms. The highest BCUT2D eigenvalue weighted by atomic mass is 16.5. The van der Waals surface area contributed by atoms with Gasteiger partial charge < -0.3 is 4.74 Å². The summed E-state index contributed by atoms with van der Waals surface area (Å²) in [5.74, 6) is 0.913. The first-order valence-electron chi connectivity index (χ1n) is 4.01. The maximum atomic E-state index is 5.21. The van der Waals surface area contributed by atoms with Crippen molar-refractivity contribution in [1.29, 1.82) is 0 Å². The van der Waals surface area contributed by atoms with E-state index in [2.05, 4.69) is 12.2 Å². The van der Waals surface area contributed by atoms with Crippen LogP contribution < -0.4 is 10.1 Å². The maximum absolute atomic E-state index is 5.21. The summed E-state index contributed by atoms with van der Waals surface area (Å²) in [5.41, 5.74) is 1.14. The van der Waals surface area contributed by atoms with Crippen LogP contribution in [0.3, 0.4) is 0 Å². The molecule has 0 aromatic heterocycles. The second-order valence-corrected chi connectivity index (χ2v) is 2.68. The molecule has 0 unspecified atom stereocenters. The van der Waals surface area contributed by atoms with Crippen molar-refractivity contribution in [3.05, 3.63) is 29.8 Å². The second-order valence-electron chi connectivity index (χ2n) is 2.68. The molecule has 0 bridgehead atoms. The van der Waals surface area contributed by atoms with Gasteiger partial charge in [0.1, 0.15) is 5.75 Å². The van der Waals surface area contributed by atoms with E-state index >= 15 is 0 Å². The summed E-state index contributed by atoms with van der Waals surface area (Å²) < 4.78 is 5.21. The van der Waals surface area contributed by atoms with Gasteiger partial charge in [0.25, 0.3) is 0 Å². The summed E-state index contributed by atoms with van der Waals surface area (Å²) in [6.07, 6.45) is 0. The van der Waals surface area contributed by atoms with Gasteiger partial charge in [0.2, 0.25) is 0 Å². The number of benzene rings is 1. The standard InChI is InChI=1S/C10H14NO/c1-8(11-2)9-6-4-5-7-10(9)12-3/h4-8H,1-3H3/t8-/m1/s1. The van der Waals surface area contributed by atoms with E-state index in [9.17, 15) is 0 Å². The molecule has 0 aliphatic heterocycles. The number of nitrogens with zero attached hydrogens (tertiary/aromatic N) is 1. The lowest BCUT2D eigenvalue weighted by Gasteiger charge is -2.12. The summed E-state index contributed by atoms with van der Waals surface area (Å²) in [6.45, 7) is 2.05. The molecule has 0 saturated heterocycles. The monoisotopic (exact) mass is 164 g/mol. The van der Waals surface area contributed by atoms with E-state index < -0.39 is 0 Å². The van der Waals surface area contributed by atoms with Gasteiger partial charge in [0.05, 0.1) is 13.2 Å². The lowest BCUT2D eigenvalue weighted by Crippen LogP contribution is -2.06. The Morgan fingerprint density at radius 3 is 2.58 bits per heavy atom. The van der Waals surface area contributed by atoms with Gasteiger partial charge in [0, 0.05) is 12.6 Å². The second kappa shape index (κ2) is 4.12. The highest BCUT2D eigenvalue weighted by Gasteiger charge is 2.08. The Morgan fingerprint density at radius 2 is 2.00 bits per heavy atom. The smallest absolute Gasteiger partial charge is 0.123 e. The average molecular weight is 164 g/mol. The Hall–Kier alpha value is -1.02. The summed E-state index contributed by atoms with van der Waals surface area (Å²) in [4.78, 5) is 0. The minimum absolute atomic E-state index is 0.209. The van der Waals surface area contributed by atoms with Crippen molar-refractivity contribution in [1.82, 2.24) is 5.32 Å². The normalized spacial score (nSPS) is 12.6. The van der Waals surface area contributed by atoms with Gasteiger partial charge in [-0.1, -0.05) is 18.2 Å². The van der Waals surface area contributed by atoms with E-state index in [0.717, 1.165) is 11.3 Å². The van der Waals surface area contributed by atoms with Crippen LogP contribution in [0.25, 0.3) is 0 Å². The van der Waals surface area contributed by atoms with E-state index in [0.29, 0.717) is 0 Å². The molecule has 2 nitrogen and oxygen atoms in total. The minimum atomic E-state index is 0.209. The van der Waals surface area contributed by atoms with Crippen molar-refractivity contribution < 1.29 is 4.74 Å². The number of para-hydroxylation sites is 1. The lowest BCUT2D eigenvalue weighted by molar-refractivity contribution is 0.403. The molecule has 1 aromatic rings. The Bertz CT molecular complexity index is 247. The van der Waals surface area contributed by atoms with E-state index in [1.807, 2.05) is 31.3 Å². The topological polar surface area (TPSA) is 23.3 Å². The van der Waals surface area contributed by atoms with Crippen LogP contribution in [0.2, 0.25) is 0 Å². The molecule has 0 amide bonds. The van der Waals surface area contributed by atoms with Gasteiger partial charge in [-0.2, -0.15) is 0 Å². The van der Waals surface area contributed by atoms with E-state index in [-0.39, 0.29) is 6.04 Å². The van der Waals surface area contributed by atoms with Gasteiger partial charge in [-0.3, -0.25) is 0 Å². The first kappa shape index (κ1) is 9.07. The predicted molar refractivity (Wildman–Crippen MR) is 49.5 cm³/mol. The van der Waals surface area contributed by atoms with Crippen molar-refractivity contribution >= 4 is 0 Å².